The van der Waals surface area contributed by atoms with Crippen molar-refractivity contribution >= 4 is 39.8 Å². The summed E-state index contributed by atoms with van der Waals surface area (Å²) in [4.78, 5) is 14.1. The van der Waals surface area contributed by atoms with E-state index in [9.17, 15) is 9.90 Å². The molecule has 0 bridgehead atoms. The Morgan fingerprint density at radius 3 is 2.94 bits per heavy atom. The van der Waals surface area contributed by atoms with Crippen LogP contribution in [0.25, 0.3) is 0 Å². The number of amides is 1. The molecule has 1 N–H and O–H groups in total. The van der Waals surface area contributed by atoms with Crippen LogP contribution in [-0.4, -0.2) is 34.6 Å². The van der Waals surface area contributed by atoms with Gasteiger partial charge in [0.1, 0.15) is 0 Å². The molecule has 94 valence electrons. The molecule has 1 saturated heterocycles. The SMILES string of the molecule is CC1(O)CCCN(C(=O)c2csc(I)c2)CC1. The molecule has 1 aliphatic rings. The second-order valence-corrected chi connectivity index (χ2v) is 7.59. The molecule has 17 heavy (non-hydrogen) atoms. The second kappa shape index (κ2) is 5.24. The van der Waals surface area contributed by atoms with Gasteiger partial charge in [0, 0.05) is 18.5 Å². The number of nitrogens with zero attached hydrogens (tertiary/aromatic N) is 1. The first-order valence-corrected chi connectivity index (χ1v) is 7.69. The predicted molar refractivity (Wildman–Crippen MR) is 77.4 cm³/mol. The van der Waals surface area contributed by atoms with Gasteiger partial charge in [-0.25, -0.2) is 0 Å². The van der Waals surface area contributed by atoms with Crippen LogP contribution < -0.4 is 0 Å². The maximum atomic E-state index is 12.2. The Bertz CT molecular complexity index is 416. The van der Waals surface area contributed by atoms with Gasteiger partial charge >= 0.3 is 0 Å². The molecule has 1 amide bonds. The van der Waals surface area contributed by atoms with Crippen LogP contribution in [0, 0.1) is 2.88 Å². The number of hydrogen-bond donors (Lipinski definition) is 1. The summed E-state index contributed by atoms with van der Waals surface area (Å²) in [7, 11) is 0. The van der Waals surface area contributed by atoms with E-state index in [2.05, 4.69) is 22.6 Å². The highest BCUT2D eigenvalue weighted by Gasteiger charge is 2.27. The topological polar surface area (TPSA) is 40.5 Å². The molecule has 1 fully saturated rings. The normalized spacial score (nSPS) is 25.7. The van der Waals surface area contributed by atoms with E-state index in [-0.39, 0.29) is 5.91 Å². The van der Waals surface area contributed by atoms with E-state index in [0.717, 1.165) is 27.8 Å². The summed E-state index contributed by atoms with van der Waals surface area (Å²) in [5.74, 6) is 0.0990. The van der Waals surface area contributed by atoms with Gasteiger partial charge in [0.2, 0.25) is 0 Å². The fraction of sp³-hybridized carbons (Fsp3) is 0.583. The Balaban J connectivity index is 2.05. The van der Waals surface area contributed by atoms with Crippen molar-refractivity contribution in [1.82, 2.24) is 4.90 Å². The highest BCUT2D eigenvalue weighted by atomic mass is 127. The number of thiophene rings is 1. The molecule has 1 aliphatic heterocycles. The maximum absolute atomic E-state index is 12.2. The van der Waals surface area contributed by atoms with Gasteiger partial charge < -0.3 is 10.0 Å². The highest BCUT2D eigenvalue weighted by Crippen LogP contribution is 2.24. The third-order valence-corrected chi connectivity index (χ3v) is 4.95. The summed E-state index contributed by atoms with van der Waals surface area (Å²) in [6, 6.07) is 1.93. The first-order valence-electron chi connectivity index (χ1n) is 5.74. The van der Waals surface area contributed by atoms with Crippen LogP contribution in [0.3, 0.4) is 0 Å². The van der Waals surface area contributed by atoms with Crippen LogP contribution in [0.1, 0.15) is 36.5 Å². The van der Waals surface area contributed by atoms with Crippen molar-refractivity contribution in [2.24, 2.45) is 0 Å². The monoisotopic (exact) mass is 365 g/mol. The minimum Gasteiger partial charge on any atom is -0.390 e. The molecule has 0 spiro atoms. The van der Waals surface area contributed by atoms with Crippen molar-refractivity contribution in [3.63, 3.8) is 0 Å². The van der Waals surface area contributed by atoms with Gasteiger partial charge in [-0.3, -0.25) is 4.79 Å². The van der Waals surface area contributed by atoms with Crippen LogP contribution in [-0.2, 0) is 0 Å². The lowest BCUT2D eigenvalue weighted by molar-refractivity contribution is 0.0438. The van der Waals surface area contributed by atoms with Gasteiger partial charge in [0.25, 0.3) is 5.91 Å². The van der Waals surface area contributed by atoms with Gasteiger partial charge in [-0.15, -0.1) is 11.3 Å². The molecular weight excluding hydrogens is 349 g/mol. The van der Waals surface area contributed by atoms with E-state index in [4.69, 9.17) is 0 Å². The number of likely N-dealkylation sites (tertiary alicyclic amines) is 1. The van der Waals surface area contributed by atoms with Gasteiger partial charge in [0.15, 0.2) is 0 Å². The van der Waals surface area contributed by atoms with E-state index in [1.807, 2.05) is 23.3 Å². The lowest BCUT2D eigenvalue weighted by atomic mass is 9.98. The summed E-state index contributed by atoms with van der Waals surface area (Å²) < 4.78 is 1.13. The number of carbonyl (C=O) groups excluding carboxylic acids is 1. The predicted octanol–water partition coefficient (Wildman–Crippen LogP) is 2.73. The van der Waals surface area contributed by atoms with Crippen LogP contribution in [0.4, 0.5) is 0 Å². The van der Waals surface area contributed by atoms with Crippen molar-refractivity contribution in [3.05, 3.63) is 19.9 Å². The Hall–Kier alpha value is -0.140. The standard InChI is InChI=1S/C12H16INO2S/c1-12(16)3-2-5-14(6-4-12)11(15)9-7-10(13)17-8-9/h7-8,16H,2-6H2,1H3. The third-order valence-electron chi connectivity index (χ3n) is 3.17. The first kappa shape index (κ1) is 13.3. The molecule has 2 heterocycles. The summed E-state index contributed by atoms with van der Waals surface area (Å²) >= 11 is 3.82. The van der Waals surface area contributed by atoms with E-state index in [1.54, 1.807) is 11.3 Å². The van der Waals surface area contributed by atoms with E-state index < -0.39 is 5.60 Å². The van der Waals surface area contributed by atoms with Crippen LogP contribution >= 0.6 is 33.9 Å². The summed E-state index contributed by atoms with van der Waals surface area (Å²) in [6.45, 7) is 3.26. The van der Waals surface area contributed by atoms with Gasteiger partial charge in [-0.1, -0.05) is 0 Å². The number of rotatable bonds is 1. The van der Waals surface area contributed by atoms with E-state index in [0.29, 0.717) is 13.0 Å². The van der Waals surface area contributed by atoms with Crippen molar-refractivity contribution in [2.75, 3.05) is 13.1 Å². The second-order valence-electron chi connectivity index (χ2n) is 4.78. The number of hydrogen-bond acceptors (Lipinski definition) is 3. The lowest BCUT2D eigenvalue weighted by Crippen LogP contribution is -2.33. The molecule has 1 aromatic heterocycles. The van der Waals surface area contributed by atoms with Crippen molar-refractivity contribution in [1.29, 1.82) is 0 Å². The minimum absolute atomic E-state index is 0.0990. The summed E-state index contributed by atoms with van der Waals surface area (Å²) in [5, 5.41) is 11.9. The van der Waals surface area contributed by atoms with E-state index in [1.165, 1.54) is 0 Å². The average Bonchev–Trinajstić information content (AvgIpc) is 2.60. The van der Waals surface area contributed by atoms with Gasteiger partial charge in [-0.05, 0) is 54.8 Å². The highest BCUT2D eigenvalue weighted by molar-refractivity contribution is 14.1. The molecule has 2 rings (SSSR count). The molecule has 5 heteroatoms. The summed E-state index contributed by atoms with van der Waals surface area (Å²) in [6.07, 6.45) is 2.32. The quantitative estimate of drug-likeness (QED) is 0.778. The number of halogens is 1. The Labute approximate surface area is 119 Å². The smallest absolute Gasteiger partial charge is 0.254 e. The van der Waals surface area contributed by atoms with Crippen LogP contribution in [0.2, 0.25) is 0 Å². The van der Waals surface area contributed by atoms with Gasteiger partial charge in [0.05, 0.1) is 14.0 Å². The fourth-order valence-electron chi connectivity index (χ4n) is 2.07. The number of aliphatic hydroxyl groups is 1. The fourth-order valence-corrected chi connectivity index (χ4v) is 3.39. The largest absolute Gasteiger partial charge is 0.390 e. The van der Waals surface area contributed by atoms with Crippen LogP contribution in [0.15, 0.2) is 11.4 Å². The average molecular weight is 365 g/mol. The zero-order chi connectivity index (χ0) is 12.5. The van der Waals surface area contributed by atoms with E-state index >= 15 is 0 Å². The van der Waals surface area contributed by atoms with Crippen molar-refractivity contribution in [2.45, 2.75) is 31.8 Å². The molecule has 1 atom stereocenters. The molecule has 0 radical (unpaired) electrons. The van der Waals surface area contributed by atoms with Crippen molar-refractivity contribution in [3.8, 4) is 0 Å². The zero-order valence-corrected chi connectivity index (χ0v) is 12.8. The molecular formula is C12H16INO2S. The molecule has 0 aliphatic carbocycles. The van der Waals surface area contributed by atoms with Crippen molar-refractivity contribution < 1.29 is 9.90 Å². The minimum atomic E-state index is -0.613. The molecule has 0 saturated carbocycles. The van der Waals surface area contributed by atoms with Gasteiger partial charge in [-0.2, -0.15) is 0 Å². The molecule has 3 nitrogen and oxygen atoms in total. The maximum Gasteiger partial charge on any atom is 0.254 e. The zero-order valence-electron chi connectivity index (χ0n) is 9.78. The first-order chi connectivity index (χ1) is 7.98. The molecule has 1 unspecified atom stereocenters. The molecule has 0 aromatic carbocycles. The van der Waals surface area contributed by atoms with Crippen LogP contribution in [0.5, 0.6) is 0 Å². The molecule has 1 aromatic rings. The Kier molecular flexibility index (Phi) is 4.10. The summed E-state index contributed by atoms with van der Waals surface area (Å²) in [5.41, 5.74) is 0.166. The number of carbonyl (C=O) groups is 1. The third kappa shape index (κ3) is 3.42. The Morgan fingerprint density at radius 1 is 1.53 bits per heavy atom. The lowest BCUT2D eigenvalue weighted by Gasteiger charge is -2.22. The Morgan fingerprint density at radius 2 is 2.29 bits per heavy atom.